The molecule has 1 saturated heterocycles. The fourth-order valence-electron chi connectivity index (χ4n) is 2.28. The Bertz CT molecular complexity index is 686. The van der Waals surface area contributed by atoms with E-state index in [-0.39, 0.29) is 11.7 Å². The number of anilines is 2. The van der Waals surface area contributed by atoms with Crippen molar-refractivity contribution in [2.75, 3.05) is 36.5 Å². The van der Waals surface area contributed by atoms with Gasteiger partial charge < -0.3 is 15.0 Å². The zero-order chi connectivity index (χ0) is 15.5. The highest BCUT2D eigenvalue weighted by Gasteiger charge is 2.14. The van der Waals surface area contributed by atoms with E-state index in [1.807, 2.05) is 4.90 Å². The molecule has 116 valence electrons. The first-order chi connectivity index (χ1) is 10.6. The second kappa shape index (κ2) is 6.76. The molecule has 4 nitrogen and oxygen atoms in total. The van der Waals surface area contributed by atoms with Crippen LogP contribution in [0.2, 0.25) is 0 Å². The van der Waals surface area contributed by atoms with Crippen LogP contribution in [0.25, 0.3) is 0 Å². The Labute approximate surface area is 140 Å². The fraction of sp³-hybridized carbons (Fsp3) is 0.267. The fourth-order valence-corrected chi connectivity index (χ4v) is 3.42. The lowest BCUT2D eigenvalue weighted by Gasteiger charge is -2.29. The van der Waals surface area contributed by atoms with Gasteiger partial charge in [0.2, 0.25) is 0 Å². The first-order valence-corrected chi connectivity index (χ1v) is 8.48. The van der Waals surface area contributed by atoms with E-state index in [0.29, 0.717) is 37.6 Å². The zero-order valence-corrected chi connectivity index (χ0v) is 14.0. The summed E-state index contributed by atoms with van der Waals surface area (Å²) in [5.41, 5.74) is 1.76. The third-order valence-corrected chi connectivity index (χ3v) is 4.85. The quantitative estimate of drug-likeness (QED) is 0.876. The highest BCUT2D eigenvalue weighted by Crippen LogP contribution is 2.25. The van der Waals surface area contributed by atoms with E-state index in [0.717, 1.165) is 9.47 Å². The molecule has 1 aromatic carbocycles. The lowest BCUT2D eigenvalue weighted by molar-refractivity contribution is 0.102. The Kier molecular flexibility index (Phi) is 4.75. The normalized spacial score (nSPS) is 14.9. The molecule has 2 heterocycles. The van der Waals surface area contributed by atoms with Crippen LogP contribution in [0.1, 0.15) is 10.4 Å². The van der Waals surface area contributed by atoms with Crippen LogP contribution in [0.4, 0.5) is 15.8 Å². The smallest absolute Gasteiger partial charge is 0.256 e. The number of carbonyl (C=O) groups is 1. The van der Waals surface area contributed by atoms with Gasteiger partial charge in [-0.2, -0.15) is 0 Å². The summed E-state index contributed by atoms with van der Waals surface area (Å²) < 4.78 is 20.0. The van der Waals surface area contributed by atoms with Gasteiger partial charge >= 0.3 is 0 Å². The van der Waals surface area contributed by atoms with Crippen molar-refractivity contribution in [3.05, 3.63) is 44.8 Å². The van der Waals surface area contributed by atoms with E-state index in [9.17, 15) is 9.18 Å². The molecule has 7 heteroatoms. The number of benzene rings is 1. The van der Waals surface area contributed by atoms with Crippen LogP contribution in [0.5, 0.6) is 0 Å². The van der Waals surface area contributed by atoms with Crippen LogP contribution in [-0.4, -0.2) is 32.2 Å². The molecule has 0 bridgehead atoms. The molecular weight excluding hydrogens is 371 g/mol. The predicted octanol–water partition coefficient (Wildman–Crippen LogP) is 3.74. The molecule has 1 aromatic heterocycles. The van der Waals surface area contributed by atoms with Crippen molar-refractivity contribution in [2.24, 2.45) is 0 Å². The minimum Gasteiger partial charge on any atom is -0.378 e. The summed E-state index contributed by atoms with van der Waals surface area (Å²) in [7, 11) is 0. The summed E-state index contributed by atoms with van der Waals surface area (Å²) in [6, 6.07) is 6.32. The van der Waals surface area contributed by atoms with Crippen LogP contribution in [-0.2, 0) is 4.74 Å². The Morgan fingerprint density at radius 1 is 1.27 bits per heavy atom. The Morgan fingerprint density at radius 2 is 2.05 bits per heavy atom. The summed E-state index contributed by atoms with van der Waals surface area (Å²) in [6.45, 7) is 2.69. The van der Waals surface area contributed by atoms with Gasteiger partial charge in [0.25, 0.3) is 5.91 Å². The molecule has 22 heavy (non-hydrogen) atoms. The van der Waals surface area contributed by atoms with Crippen LogP contribution < -0.4 is 10.2 Å². The summed E-state index contributed by atoms with van der Waals surface area (Å²) in [4.78, 5) is 14.2. The van der Waals surface area contributed by atoms with Crippen LogP contribution in [0, 0.1) is 5.82 Å². The molecule has 0 saturated carbocycles. The van der Waals surface area contributed by atoms with E-state index in [1.165, 1.54) is 23.5 Å². The topological polar surface area (TPSA) is 41.6 Å². The van der Waals surface area contributed by atoms with Gasteiger partial charge in [-0.25, -0.2) is 4.39 Å². The van der Waals surface area contributed by atoms with Gasteiger partial charge in [0.15, 0.2) is 0 Å². The molecule has 0 spiro atoms. The van der Waals surface area contributed by atoms with Crippen molar-refractivity contribution in [1.82, 2.24) is 0 Å². The van der Waals surface area contributed by atoms with Gasteiger partial charge in [-0.15, -0.1) is 11.3 Å². The molecule has 0 radical (unpaired) electrons. The minimum atomic E-state index is -0.370. The van der Waals surface area contributed by atoms with Crippen LogP contribution in [0.3, 0.4) is 0 Å². The Balaban J connectivity index is 1.78. The number of hydrogen-bond acceptors (Lipinski definition) is 4. The summed E-state index contributed by atoms with van der Waals surface area (Å²) in [5, 5.41) is 4.49. The number of morpholine rings is 1. The monoisotopic (exact) mass is 384 g/mol. The first-order valence-electron chi connectivity index (χ1n) is 6.80. The first kappa shape index (κ1) is 15.5. The number of carbonyl (C=O) groups excluding carboxylic acids is 1. The third kappa shape index (κ3) is 3.66. The number of nitrogens with zero attached hydrogens (tertiary/aromatic N) is 1. The summed E-state index contributed by atoms with van der Waals surface area (Å²) >= 11 is 4.75. The number of nitrogens with one attached hydrogen (secondary N) is 1. The average molecular weight is 385 g/mol. The van der Waals surface area contributed by atoms with Gasteiger partial charge in [-0.1, -0.05) is 0 Å². The molecule has 1 aliphatic heterocycles. The molecule has 1 fully saturated rings. The van der Waals surface area contributed by atoms with Crippen LogP contribution >= 0.6 is 27.3 Å². The lowest BCUT2D eigenvalue weighted by atomic mass is 10.2. The Morgan fingerprint density at radius 3 is 2.73 bits per heavy atom. The van der Waals surface area contributed by atoms with Gasteiger partial charge in [0.05, 0.1) is 22.6 Å². The molecular formula is C15H14BrFN2O2S. The van der Waals surface area contributed by atoms with Crippen molar-refractivity contribution in [2.45, 2.75) is 0 Å². The second-order valence-corrected chi connectivity index (χ2v) is 7.18. The van der Waals surface area contributed by atoms with E-state index in [1.54, 1.807) is 17.5 Å². The van der Waals surface area contributed by atoms with Crippen molar-refractivity contribution < 1.29 is 13.9 Å². The lowest BCUT2D eigenvalue weighted by Crippen LogP contribution is -2.36. The molecule has 0 aliphatic carbocycles. The number of amides is 1. The van der Waals surface area contributed by atoms with Gasteiger partial charge in [-0.05, 0) is 40.2 Å². The molecule has 1 aliphatic rings. The van der Waals surface area contributed by atoms with E-state index in [2.05, 4.69) is 21.2 Å². The maximum Gasteiger partial charge on any atom is 0.256 e. The molecule has 2 aromatic rings. The van der Waals surface area contributed by atoms with E-state index < -0.39 is 0 Å². The molecule has 0 atom stereocenters. The van der Waals surface area contributed by atoms with E-state index >= 15 is 0 Å². The second-order valence-electron chi connectivity index (χ2n) is 4.89. The van der Waals surface area contributed by atoms with Crippen molar-refractivity contribution in [1.29, 1.82) is 0 Å². The SMILES string of the molecule is O=C(Nc1cc(F)cc(N2CCOCC2)c1)c1csc(Br)c1. The van der Waals surface area contributed by atoms with Crippen molar-refractivity contribution in [3.63, 3.8) is 0 Å². The van der Waals surface area contributed by atoms with Gasteiger partial charge in [0, 0.05) is 29.8 Å². The van der Waals surface area contributed by atoms with Crippen molar-refractivity contribution in [3.8, 4) is 0 Å². The molecule has 0 unspecified atom stereocenters. The molecule has 1 N–H and O–H groups in total. The van der Waals surface area contributed by atoms with Crippen LogP contribution in [0.15, 0.2) is 33.4 Å². The molecule has 1 amide bonds. The summed E-state index contributed by atoms with van der Waals surface area (Å²) in [5.74, 6) is -0.619. The minimum absolute atomic E-state index is 0.250. The van der Waals surface area contributed by atoms with E-state index in [4.69, 9.17) is 4.74 Å². The largest absolute Gasteiger partial charge is 0.378 e. The number of rotatable bonds is 3. The summed E-state index contributed by atoms with van der Waals surface area (Å²) in [6.07, 6.45) is 0. The Hall–Kier alpha value is -1.44. The highest BCUT2D eigenvalue weighted by atomic mass is 79.9. The van der Waals surface area contributed by atoms with Gasteiger partial charge in [0.1, 0.15) is 5.82 Å². The maximum atomic E-state index is 13.8. The maximum absolute atomic E-state index is 13.8. The van der Waals surface area contributed by atoms with Gasteiger partial charge in [-0.3, -0.25) is 4.79 Å². The number of ether oxygens (including phenoxy) is 1. The average Bonchev–Trinajstić information content (AvgIpc) is 2.94. The standard InChI is InChI=1S/C15H14BrFN2O2S/c16-14-5-10(9-22-14)15(20)18-12-6-11(17)7-13(8-12)19-1-3-21-4-2-19/h5-9H,1-4H2,(H,18,20). The third-order valence-electron chi connectivity index (χ3n) is 3.35. The zero-order valence-electron chi connectivity index (χ0n) is 11.6. The molecule has 3 rings (SSSR count). The highest BCUT2D eigenvalue weighted by molar-refractivity contribution is 9.11. The number of halogens is 2. The van der Waals surface area contributed by atoms with Crippen molar-refractivity contribution >= 4 is 44.5 Å². The predicted molar refractivity (Wildman–Crippen MR) is 89.4 cm³/mol. The number of thiophene rings is 1. The number of hydrogen-bond donors (Lipinski definition) is 1.